The van der Waals surface area contributed by atoms with E-state index in [0.29, 0.717) is 24.4 Å². The van der Waals surface area contributed by atoms with Crippen LogP contribution in [0.4, 0.5) is 0 Å². The highest BCUT2D eigenvalue weighted by molar-refractivity contribution is 5.97. The van der Waals surface area contributed by atoms with Crippen LogP contribution in [0.15, 0.2) is 36.7 Å². The second-order valence-corrected chi connectivity index (χ2v) is 6.68. The average molecular weight is 353 g/mol. The van der Waals surface area contributed by atoms with Gasteiger partial charge >= 0.3 is 0 Å². The maximum Gasteiger partial charge on any atom is 0.251 e. The molecule has 134 valence electrons. The van der Waals surface area contributed by atoms with E-state index < -0.39 is 6.04 Å². The number of likely N-dealkylation sites (N-methyl/N-ethyl adjacent to an activating group) is 1. The molecule has 2 aliphatic heterocycles. The van der Waals surface area contributed by atoms with Gasteiger partial charge in [-0.15, -0.1) is 0 Å². The van der Waals surface area contributed by atoms with Gasteiger partial charge in [-0.3, -0.25) is 14.4 Å². The quantitative estimate of drug-likeness (QED) is 0.826. The molecule has 2 saturated heterocycles. The van der Waals surface area contributed by atoms with E-state index in [1.165, 1.54) is 4.90 Å². The van der Waals surface area contributed by atoms with E-state index in [-0.39, 0.29) is 30.3 Å². The highest BCUT2D eigenvalue weighted by atomic mass is 16.2. The number of amides is 3. The number of nitrogens with one attached hydrogen (secondary N) is 2. The fourth-order valence-corrected chi connectivity index (χ4v) is 3.58. The van der Waals surface area contributed by atoms with Gasteiger partial charge in [0.15, 0.2) is 0 Å². The third kappa shape index (κ3) is 2.83. The van der Waals surface area contributed by atoms with Crippen LogP contribution in [0.1, 0.15) is 16.8 Å². The zero-order chi connectivity index (χ0) is 18.3. The van der Waals surface area contributed by atoms with Gasteiger partial charge in [-0.25, -0.2) is 4.98 Å². The highest BCUT2D eigenvalue weighted by Crippen LogP contribution is 2.24. The molecule has 0 spiro atoms. The zero-order valence-electron chi connectivity index (χ0n) is 14.3. The third-order valence-electron chi connectivity index (χ3n) is 4.89. The summed E-state index contributed by atoms with van der Waals surface area (Å²) >= 11 is 0. The molecule has 8 heteroatoms. The number of rotatable bonds is 3. The summed E-state index contributed by atoms with van der Waals surface area (Å²) in [5.74, 6) is 0.322. The van der Waals surface area contributed by atoms with E-state index in [2.05, 4.69) is 15.3 Å². The Balaban J connectivity index is 1.47. The molecule has 2 aromatic rings. The minimum absolute atomic E-state index is 0.0684. The first-order chi connectivity index (χ1) is 12.5. The van der Waals surface area contributed by atoms with Crippen LogP contribution in [0.25, 0.3) is 11.4 Å². The van der Waals surface area contributed by atoms with Gasteiger partial charge < -0.3 is 20.1 Å². The second-order valence-electron chi connectivity index (χ2n) is 6.68. The molecular formula is C18H19N5O3. The van der Waals surface area contributed by atoms with Gasteiger partial charge in [-0.2, -0.15) is 0 Å². The van der Waals surface area contributed by atoms with Crippen molar-refractivity contribution in [1.29, 1.82) is 0 Å². The van der Waals surface area contributed by atoms with Crippen molar-refractivity contribution in [1.82, 2.24) is 25.1 Å². The number of hydrogen-bond donors (Lipinski definition) is 2. The third-order valence-corrected chi connectivity index (χ3v) is 4.89. The molecule has 0 radical (unpaired) electrons. The molecule has 1 aromatic carbocycles. The molecule has 2 aliphatic rings. The molecule has 26 heavy (non-hydrogen) atoms. The Labute approximate surface area is 150 Å². The predicted octanol–water partition coefficient (Wildman–Crippen LogP) is 0.248. The molecule has 3 heterocycles. The summed E-state index contributed by atoms with van der Waals surface area (Å²) in [7, 11) is 1.63. The van der Waals surface area contributed by atoms with E-state index in [1.54, 1.807) is 42.5 Å². The van der Waals surface area contributed by atoms with E-state index >= 15 is 0 Å². The number of aromatic nitrogens is 2. The van der Waals surface area contributed by atoms with E-state index in [1.807, 2.05) is 6.07 Å². The van der Waals surface area contributed by atoms with Gasteiger partial charge in [0.1, 0.15) is 11.9 Å². The maximum atomic E-state index is 12.6. The summed E-state index contributed by atoms with van der Waals surface area (Å²) in [6, 6.07) is 6.46. The van der Waals surface area contributed by atoms with Crippen LogP contribution in [-0.2, 0) is 9.59 Å². The standard InChI is InChI=1S/C18H19N5O3/c1-22-10-15(24)23-9-13(8-14(23)18(22)26)21-17(25)12-4-2-3-11(7-12)16-19-5-6-20-16/h2-7,13-14H,8-10H2,1H3,(H,19,20)(H,21,25)/t13-,14+/m1/s1. The van der Waals surface area contributed by atoms with Crippen molar-refractivity contribution < 1.29 is 14.4 Å². The Morgan fingerprint density at radius 3 is 2.96 bits per heavy atom. The monoisotopic (exact) mass is 353 g/mol. The minimum Gasteiger partial charge on any atom is -0.347 e. The number of H-pyrrole nitrogens is 1. The topological polar surface area (TPSA) is 98.4 Å². The Hall–Kier alpha value is -3.16. The number of piperazine rings is 1. The molecule has 2 fully saturated rings. The Morgan fingerprint density at radius 2 is 2.19 bits per heavy atom. The van der Waals surface area contributed by atoms with Crippen molar-refractivity contribution >= 4 is 17.7 Å². The Kier molecular flexibility index (Phi) is 3.95. The number of hydrogen-bond acceptors (Lipinski definition) is 4. The molecule has 4 rings (SSSR count). The first-order valence-electron chi connectivity index (χ1n) is 8.48. The van der Waals surface area contributed by atoms with Gasteiger partial charge in [0.05, 0.1) is 6.54 Å². The largest absolute Gasteiger partial charge is 0.347 e. The number of fused-ring (bicyclic) bond motifs is 1. The van der Waals surface area contributed by atoms with Crippen molar-refractivity contribution in [3.05, 3.63) is 42.2 Å². The molecule has 2 atom stereocenters. The summed E-state index contributed by atoms with van der Waals surface area (Å²) < 4.78 is 0. The van der Waals surface area contributed by atoms with E-state index in [4.69, 9.17) is 0 Å². The van der Waals surface area contributed by atoms with Gasteiger partial charge in [-0.1, -0.05) is 12.1 Å². The van der Waals surface area contributed by atoms with E-state index in [0.717, 1.165) is 5.56 Å². The van der Waals surface area contributed by atoms with Gasteiger partial charge in [-0.05, 0) is 18.6 Å². The number of imidazole rings is 1. The molecule has 8 nitrogen and oxygen atoms in total. The fourth-order valence-electron chi connectivity index (χ4n) is 3.58. The van der Waals surface area contributed by atoms with Crippen molar-refractivity contribution in [2.75, 3.05) is 20.1 Å². The molecule has 0 saturated carbocycles. The average Bonchev–Trinajstić information content (AvgIpc) is 3.30. The highest BCUT2D eigenvalue weighted by Gasteiger charge is 2.44. The summed E-state index contributed by atoms with van der Waals surface area (Å²) in [5, 5.41) is 2.95. The van der Waals surface area contributed by atoms with E-state index in [9.17, 15) is 14.4 Å². The van der Waals surface area contributed by atoms with Crippen LogP contribution in [0.3, 0.4) is 0 Å². The van der Waals surface area contributed by atoms with Gasteiger partial charge in [0, 0.05) is 43.2 Å². The zero-order valence-corrected chi connectivity index (χ0v) is 14.3. The molecule has 2 N–H and O–H groups in total. The lowest BCUT2D eigenvalue weighted by atomic mass is 10.1. The lowest BCUT2D eigenvalue weighted by molar-refractivity contribution is -0.152. The fraction of sp³-hybridized carbons (Fsp3) is 0.333. The van der Waals surface area contributed by atoms with Crippen molar-refractivity contribution in [2.24, 2.45) is 0 Å². The molecular weight excluding hydrogens is 334 g/mol. The van der Waals surface area contributed by atoms with Crippen molar-refractivity contribution in [2.45, 2.75) is 18.5 Å². The number of aromatic amines is 1. The Morgan fingerprint density at radius 1 is 1.35 bits per heavy atom. The number of nitrogens with zero attached hydrogens (tertiary/aromatic N) is 3. The minimum atomic E-state index is -0.471. The van der Waals surface area contributed by atoms with Crippen LogP contribution >= 0.6 is 0 Å². The van der Waals surface area contributed by atoms with Crippen molar-refractivity contribution in [3.8, 4) is 11.4 Å². The van der Waals surface area contributed by atoms with Gasteiger partial charge in [0.25, 0.3) is 5.91 Å². The first kappa shape index (κ1) is 16.3. The molecule has 1 aromatic heterocycles. The molecule has 0 unspecified atom stereocenters. The molecule has 3 amide bonds. The van der Waals surface area contributed by atoms with Crippen LogP contribution in [0.5, 0.6) is 0 Å². The summed E-state index contributed by atoms with van der Waals surface area (Å²) in [6.07, 6.45) is 3.82. The SMILES string of the molecule is CN1CC(=O)N2C[C@H](NC(=O)c3cccc(-c4ncc[nH]4)c3)C[C@H]2C1=O. The number of carbonyl (C=O) groups is 3. The lowest BCUT2D eigenvalue weighted by Crippen LogP contribution is -2.55. The summed E-state index contributed by atoms with van der Waals surface area (Å²) in [6.45, 7) is 0.466. The second kappa shape index (κ2) is 6.29. The summed E-state index contributed by atoms with van der Waals surface area (Å²) in [5.41, 5.74) is 1.33. The van der Waals surface area contributed by atoms with Crippen molar-refractivity contribution in [3.63, 3.8) is 0 Å². The normalized spacial score (nSPS) is 22.5. The lowest BCUT2D eigenvalue weighted by Gasteiger charge is -2.33. The molecule has 0 aliphatic carbocycles. The first-order valence-corrected chi connectivity index (χ1v) is 8.48. The smallest absolute Gasteiger partial charge is 0.251 e. The number of carbonyl (C=O) groups excluding carboxylic acids is 3. The van der Waals surface area contributed by atoms with Crippen LogP contribution in [-0.4, -0.2) is 69.7 Å². The maximum absolute atomic E-state index is 12.6. The summed E-state index contributed by atoms with van der Waals surface area (Å²) in [4.78, 5) is 47.2. The van der Waals surface area contributed by atoms with Crippen LogP contribution in [0, 0.1) is 0 Å². The van der Waals surface area contributed by atoms with Gasteiger partial charge in [0.2, 0.25) is 11.8 Å². The Bertz CT molecular complexity index is 863. The predicted molar refractivity (Wildman–Crippen MR) is 93.0 cm³/mol. The van der Waals surface area contributed by atoms with Crippen LogP contribution < -0.4 is 5.32 Å². The number of benzene rings is 1. The van der Waals surface area contributed by atoms with Crippen LogP contribution in [0.2, 0.25) is 0 Å². The molecule has 0 bridgehead atoms.